The number of piperidine rings is 2. The monoisotopic (exact) mass is 641 g/mol. The van der Waals surface area contributed by atoms with E-state index in [4.69, 9.17) is 9.47 Å². The highest BCUT2D eigenvalue weighted by Gasteiger charge is 2.40. The predicted octanol–water partition coefficient (Wildman–Crippen LogP) is 5.07. The Bertz CT molecular complexity index is 1600. The molecule has 252 valence electrons. The van der Waals surface area contributed by atoms with E-state index in [1.807, 2.05) is 12.1 Å². The Morgan fingerprint density at radius 2 is 1.62 bits per heavy atom. The Morgan fingerprint density at radius 3 is 2.32 bits per heavy atom. The number of nitrogens with zero attached hydrogens (tertiary/aromatic N) is 3. The quantitative estimate of drug-likeness (QED) is 0.357. The number of ether oxygens (including phenoxy) is 2. The fraction of sp³-hybridized carbons (Fsp3) is 0.579. The highest BCUT2D eigenvalue weighted by Crippen LogP contribution is 2.40. The number of amides is 2. The van der Waals surface area contributed by atoms with Crippen molar-refractivity contribution in [3.63, 3.8) is 0 Å². The maximum atomic E-state index is 13.5. The molecule has 4 fully saturated rings. The summed E-state index contributed by atoms with van der Waals surface area (Å²) in [5.41, 5.74) is 6.00. The van der Waals surface area contributed by atoms with E-state index in [1.54, 1.807) is 14.2 Å². The third-order valence-electron chi connectivity index (χ3n) is 11.3. The number of carbonyl (C=O) groups is 2. The van der Waals surface area contributed by atoms with E-state index in [9.17, 15) is 9.59 Å². The standard InChI is InChI=1S/C38H51N5O4/c1-24(2)36-31-16-26(7-9-32(31)40-37(36)27-8-10-33(46-3)34(17-27)47-4)25-11-14-42(15-12-25)35(44)23-41-13-5-6-28(20-41)38(45)43-21-29-18-39-19-30(29)22-43/h7-10,16-17,24-25,28-30,39-40H,5-6,11-15,18-23H2,1-4H3/t28-,29?,30?/m1/s1. The van der Waals surface area contributed by atoms with Crippen molar-refractivity contribution in [1.29, 1.82) is 0 Å². The first kappa shape index (κ1) is 32.0. The molecule has 4 saturated heterocycles. The zero-order valence-electron chi connectivity index (χ0n) is 28.5. The lowest BCUT2D eigenvalue weighted by molar-refractivity contribution is -0.139. The van der Waals surface area contributed by atoms with E-state index in [1.165, 1.54) is 16.5 Å². The van der Waals surface area contributed by atoms with Crippen LogP contribution in [0.5, 0.6) is 11.5 Å². The minimum absolute atomic E-state index is 0.0282. The van der Waals surface area contributed by atoms with Crippen molar-refractivity contribution < 1.29 is 19.1 Å². The topological polar surface area (TPSA) is 90.1 Å². The summed E-state index contributed by atoms with van der Waals surface area (Å²) in [6.07, 6.45) is 3.86. The van der Waals surface area contributed by atoms with E-state index in [0.29, 0.717) is 42.7 Å². The van der Waals surface area contributed by atoms with Crippen LogP contribution in [-0.4, -0.2) is 105 Å². The molecule has 0 aliphatic carbocycles. The van der Waals surface area contributed by atoms with E-state index in [2.05, 4.69) is 63.1 Å². The molecule has 1 aromatic heterocycles. The molecule has 3 atom stereocenters. The summed E-state index contributed by atoms with van der Waals surface area (Å²) < 4.78 is 11.1. The van der Waals surface area contributed by atoms with Gasteiger partial charge in [-0.05, 0) is 97.4 Å². The first-order valence-corrected chi connectivity index (χ1v) is 17.7. The van der Waals surface area contributed by atoms with Crippen LogP contribution in [0.25, 0.3) is 22.2 Å². The van der Waals surface area contributed by atoms with Gasteiger partial charge in [0.15, 0.2) is 11.5 Å². The lowest BCUT2D eigenvalue weighted by Crippen LogP contribution is -2.49. The van der Waals surface area contributed by atoms with Gasteiger partial charge in [0, 0.05) is 62.3 Å². The zero-order chi connectivity index (χ0) is 32.7. The zero-order valence-corrected chi connectivity index (χ0v) is 28.5. The summed E-state index contributed by atoms with van der Waals surface area (Å²) in [5, 5.41) is 4.73. The molecule has 9 heteroatoms. The van der Waals surface area contributed by atoms with Gasteiger partial charge in [-0.3, -0.25) is 14.5 Å². The first-order valence-electron chi connectivity index (χ1n) is 17.7. The number of hydrogen-bond donors (Lipinski definition) is 2. The lowest BCUT2D eigenvalue weighted by Gasteiger charge is -2.37. The van der Waals surface area contributed by atoms with Crippen LogP contribution < -0.4 is 14.8 Å². The van der Waals surface area contributed by atoms with Crippen molar-refractivity contribution in [1.82, 2.24) is 25.0 Å². The van der Waals surface area contributed by atoms with Crippen molar-refractivity contribution in [2.45, 2.75) is 51.4 Å². The second kappa shape index (κ2) is 13.5. The van der Waals surface area contributed by atoms with E-state index in [0.717, 1.165) is 99.8 Å². The number of fused-ring (bicyclic) bond motifs is 2. The third kappa shape index (κ3) is 6.36. The van der Waals surface area contributed by atoms with Crippen LogP contribution in [0.2, 0.25) is 0 Å². The fourth-order valence-corrected chi connectivity index (χ4v) is 8.75. The lowest BCUT2D eigenvalue weighted by atomic mass is 9.87. The van der Waals surface area contributed by atoms with Gasteiger partial charge in [-0.25, -0.2) is 0 Å². The molecular weight excluding hydrogens is 590 g/mol. The Morgan fingerprint density at radius 1 is 0.872 bits per heavy atom. The van der Waals surface area contributed by atoms with Crippen LogP contribution in [0.4, 0.5) is 0 Å². The molecule has 0 spiro atoms. The molecular formula is C38H51N5O4. The number of carbonyl (C=O) groups excluding carboxylic acids is 2. The minimum Gasteiger partial charge on any atom is -0.493 e. The van der Waals surface area contributed by atoms with Gasteiger partial charge in [0.25, 0.3) is 0 Å². The highest BCUT2D eigenvalue weighted by molar-refractivity contribution is 5.92. The number of aromatic nitrogens is 1. The van der Waals surface area contributed by atoms with E-state index >= 15 is 0 Å². The van der Waals surface area contributed by atoms with Gasteiger partial charge in [0.2, 0.25) is 11.8 Å². The van der Waals surface area contributed by atoms with Gasteiger partial charge >= 0.3 is 0 Å². The van der Waals surface area contributed by atoms with Crippen molar-refractivity contribution in [3.8, 4) is 22.8 Å². The molecule has 2 aromatic carbocycles. The molecule has 47 heavy (non-hydrogen) atoms. The number of aromatic amines is 1. The Balaban J connectivity index is 0.976. The number of hydrogen-bond acceptors (Lipinski definition) is 6. The molecule has 3 aromatic rings. The maximum Gasteiger partial charge on any atom is 0.236 e. The van der Waals surface area contributed by atoms with Crippen LogP contribution in [0.15, 0.2) is 36.4 Å². The van der Waals surface area contributed by atoms with E-state index in [-0.39, 0.29) is 11.8 Å². The van der Waals surface area contributed by atoms with Crippen LogP contribution in [0.3, 0.4) is 0 Å². The second-order valence-electron chi connectivity index (χ2n) is 14.6. The number of rotatable bonds is 8. The van der Waals surface area contributed by atoms with Gasteiger partial charge in [0.1, 0.15) is 0 Å². The van der Waals surface area contributed by atoms with Crippen molar-refractivity contribution >= 4 is 22.7 Å². The summed E-state index contributed by atoms with van der Waals surface area (Å²) in [6, 6.07) is 13.0. The smallest absolute Gasteiger partial charge is 0.236 e. The molecule has 4 aliphatic heterocycles. The molecule has 2 amide bonds. The highest BCUT2D eigenvalue weighted by atomic mass is 16.5. The molecule has 7 rings (SSSR count). The Labute approximate surface area is 278 Å². The SMILES string of the molecule is COc1ccc(-c2[nH]c3ccc(C4CCN(C(=O)CN5CCC[C@@H](C(=O)N6CC7CNCC7C6)C5)CC4)cc3c2C(C)C)cc1OC. The molecule has 2 N–H and O–H groups in total. The maximum absolute atomic E-state index is 13.5. The van der Waals surface area contributed by atoms with Gasteiger partial charge in [-0.15, -0.1) is 0 Å². The van der Waals surface area contributed by atoms with Gasteiger partial charge < -0.3 is 29.6 Å². The number of likely N-dealkylation sites (tertiary alicyclic amines) is 3. The second-order valence-corrected chi connectivity index (χ2v) is 14.6. The first-order chi connectivity index (χ1) is 22.8. The minimum atomic E-state index is 0.0282. The Hall–Kier alpha value is -3.56. The molecule has 5 heterocycles. The largest absolute Gasteiger partial charge is 0.493 e. The van der Waals surface area contributed by atoms with Crippen LogP contribution in [0, 0.1) is 17.8 Å². The molecule has 0 saturated carbocycles. The van der Waals surface area contributed by atoms with Gasteiger partial charge in [-0.2, -0.15) is 0 Å². The average molecular weight is 642 g/mol. The molecule has 9 nitrogen and oxygen atoms in total. The van der Waals surface area contributed by atoms with Crippen molar-refractivity contribution in [3.05, 3.63) is 47.5 Å². The molecule has 0 bridgehead atoms. The van der Waals surface area contributed by atoms with Crippen LogP contribution in [0.1, 0.15) is 62.5 Å². The normalized spacial score (nSPS) is 23.9. The molecule has 0 radical (unpaired) electrons. The summed E-state index contributed by atoms with van der Waals surface area (Å²) in [5.74, 6) is 3.98. The van der Waals surface area contributed by atoms with Gasteiger partial charge in [-0.1, -0.05) is 19.9 Å². The average Bonchev–Trinajstić information content (AvgIpc) is 3.81. The summed E-state index contributed by atoms with van der Waals surface area (Å²) >= 11 is 0. The summed E-state index contributed by atoms with van der Waals surface area (Å²) in [7, 11) is 3.33. The summed E-state index contributed by atoms with van der Waals surface area (Å²) in [6.45, 7) is 12.0. The van der Waals surface area contributed by atoms with Crippen LogP contribution in [-0.2, 0) is 9.59 Å². The van der Waals surface area contributed by atoms with Crippen LogP contribution >= 0.6 is 0 Å². The fourth-order valence-electron chi connectivity index (χ4n) is 8.75. The molecule has 2 unspecified atom stereocenters. The predicted molar refractivity (Wildman–Crippen MR) is 185 cm³/mol. The molecule has 4 aliphatic rings. The van der Waals surface area contributed by atoms with Crippen molar-refractivity contribution in [2.75, 3.05) is 73.1 Å². The van der Waals surface area contributed by atoms with Crippen molar-refractivity contribution in [2.24, 2.45) is 17.8 Å². The number of H-pyrrole nitrogens is 1. The van der Waals surface area contributed by atoms with E-state index < -0.39 is 0 Å². The number of benzene rings is 2. The summed E-state index contributed by atoms with van der Waals surface area (Å²) in [4.78, 5) is 36.9. The third-order valence-corrected chi connectivity index (χ3v) is 11.3. The Kier molecular flexibility index (Phi) is 9.20. The van der Waals surface area contributed by atoms with Gasteiger partial charge in [0.05, 0.1) is 32.4 Å². The number of nitrogens with one attached hydrogen (secondary N) is 2. The number of methoxy groups -OCH3 is 2.